The van der Waals surface area contributed by atoms with Crippen LogP contribution in [0.15, 0.2) is 30.3 Å². The minimum atomic E-state index is 0.624. The van der Waals surface area contributed by atoms with Gasteiger partial charge in [-0.25, -0.2) is 9.97 Å². The highest BCUT2D eigenvalue weighted by Crippen LogP contribution is 2.27. The first-order valence-electron chi connectivity index (χ1n) is 7.81. The number of nitrogens with zero attached hydrogens (tertiary/aromatic N) is 3. The summed E-state index contributed by atoms with van der Waals surface area (Å²) in [4.78, 5) is 11.0. The number of likely N-dealkylation sites (N-methyl/N-ethyl adjacent to an activating group) is 1. The summed E-state index contributed by atoms with van der Waals surface area (Å²) in [6.07, 6.45) is 0. The molecule has 2 rings (SSSR count). The first-order chi connectivity index (χ1) is 11.1. The molecule has 124 valence electrons. The Hall–Kier alpha value is -2.34. The molecule has 1 aromatic heterocycles. The van der Waals surface area contributed by atoms with Gasteiger partial charge >= 0.3 is 0 Å². The van der Waals surface area contributed by atoms with E-state index in [0.29, 0.717) is 6.61 Å². The van der Waals surface area contributed by atoms with Gasteiger partial charge in [-0.1, -0.05) is 12.1 Å². The fourth-order valence-corrected chi connectivity index (χ4v) is 2.12. The van der Waals surface area contributed by atoms with E-state index in [2.05, 4.69) is 25.5 Å². The normalized spacial score (nSPS) is 10.7. The zero-order valence-corrected chi connectivity index (χ0v) is 14.3. The Bertz CT molecular complexity index is 630. The Kier molecular flexibility index (Phi) is 6.17. The minimum Gasteiger partial charge on any atom is -0.492 e. The van der Waals surface area contributed by atoms with Crippen LogP contribution in [-0.2, 0) is 0 Å². The van der Waals surface area contributed by atoms with Gasteiger partial charge in [-0.3, -0.25) is 0 Å². The molecule has 0 aliphatic carbocycles. The highest BCUT2D eigenvalue weighted by molar-refractivity contribution is 5.65. The Morgan fingerprint density at radius 1 is 1.13 bits per heavy atom. The van der Waals surface area contributed by atoms with Crippen LogP contribution in [0.25, 0.3) is 0 Å². The Morgan fingerprint density at radius 3 is 2.61 bits per heavy atom. The number of para-hydroxylation sites is 2. The molecule has 1 heterocycles. The summed E-state index contributed by atoms with van der Waals surface area (Å²) < 4.78 is 5.63. The number of hydrogen-bond acceptors (Lipinski definition) is 6. The molecule has 0 unspecified atom stereocenters. The highest BCUT2D eigenvalue weighted by atomic mass is 16.5. The number of anilines is 3. The van der Waals surface area contributed by atoms with E-state index in [1.54, 1.807) is 0 Å². The molecular weight excluding hydrogens is 290 g/mol. The summed E-state index contributed by atoms with van der Waals surface area (Å²) in [6.45, 7) is 6.26. The fourth-order valence-electron chi connectivity index (χ4n) is 2.12. The second-order valence-electron chi connectivity index (χ2n) is 5.47. The van der Waals surface area contributed by atoms with E-state index in [9.17, 15) is 0 Å². The van der Waals surface area contributed by atoms with Gasteiger partial charge in [-0.2, -0.15) is 0 Å². The third-order valence-corrected chi connectivity index (χ3v) is 3.15. The van der Waals surface area contributed by atoms with Crippen molar-refractivity contribution in [2.45, 2.75) is 13.8 Å². The molecule has 0 radical (unpaired) electrons. The molecule has 0 atom stereocenters. The fraction of sp³-hybridized carbons (Fsp3) is 0.412. The summed E-state index contributed by atoms with van der Waals surface area (Å²) in [6, 6.07) is 9.74. The van der Waals surface area contributed by atoms with E-state index >= 15 is 0 Å². The van der Waals surface area contributed by atoms with E-state index in [1.807, 2.05) is 58.3 Å². The molecule has 6 heteroatoms. The van der Waals surface area contributed by atoms with Crippen LogP contribution >= 0.6 is 0 Å². The molecule has 0 saturated carbocycles. The first-order valence-corrected chi connectivity index (χ1v) is 7.81. The predicted molar refractivity (Wildman–Crippen MR) is 94.7 cm³/mol. The summed E-state index contributed by atoms with van der Waals surface area (Å²) >= 11 is 0. The zero-order chi connectivity index (χ0) is 16.7. The Morgan fingerprint density at radius 2 is 1.87 bits per heavy atom. The van der Waals surface area contributed by atoms with Crippen LogP contribution in [0.2, 0.25) is 0 Å². The number of aromatic nitrogens is 2. The highest BCUT2D eigenvalue weighted by Gasteiger charge is 2.06. The molecule has 0 spiro atoms. The van der Waals surface area contributed by atoms with Crippen LogP contribution in [0.5, 0.6) is 5.75 Å². The molecule has 1 aromatic carbocycles. The van der Waals surface area contributed by atoms with Gasteiger partial charge in [0.2, 0.25) is 0 Å². The zero-order valence-electron chi connectivity index (χ0n) is 14.3. The maximum absolute atomic E-state index is 5.63. The van der Waals surface area contributed by atoms with Crippen molar-refractivity contribution in [1.82, 2.24) is 14.9 Å². The topological polar surface area (TPSA) is 62.3 Å². The molecule has 0 amide bonds. The van der Waals surface area contributed by atoms with Gasteiger partial charge in [0.15, 0.2) is 0 Å². The smallest absolute Gasteiger partial charge is 0.142 e. The molecule has 0 saturated heterocycles. The van der Waals surface area contributed by atoms with Gasteiger partial charge in [-0.15, -0.1) is 0 Å². The lowest BCUT2D eigenvalue weighted by Gasteiger charge is -2.14. The van der Waals surface area contributed by atoms with Crippen LogP contribution in [0.4, 0.5) is 17.3 Å². The average Bonchev–Trinajstić information content (AvgIpc) is 2.48. The van der Waals surface area contributed by atoms with E-state index in [4.69, 9.17) is 4.74 Å². The van der Waals surface area contributed by atoms with Crippen molar-refractivity contribution in [3.63, 3.8) is 0 Å². The largest absolute Gasteiger partial charge is 0.492 e. The number of hydrogen-bond donors (Lipinski definition) is 2. The van der Waals surface area contributed by atoms with Crippen molar-refractivity contribution >= 4 is 17.3 Å². The van der Waals surface area contributed by atoms with Crippen molar-refractivity contribution in [3.8, 4) is 5.75 Å². The summed E-state index contributed by atoms with van der Waals surface area (Å²) in [5.41, 5.74) is 0.895. The van der Waals surface area contributed by atoms with Crippen molar-refractivity contribution in [1.29, 1.82) is 0 Å². The van der Waals surface area contributed by atoms with Gasteiger partial charge in [0.25, 0.3) is 0 Å². The first kappa shape index (κ1) is 17.0. The molecule has 23 heavy (non-hydrogen) atoms. The van der Waals surface area contributed by atoms with Gasteiger partial charge in [-0.05, 0) is 40.1 Å². The summed E-state index contributed by atoms with van der Waals surface area (Å²) in [5, 5.41) is 6.63. The number of nitrogens with one attached hydrogen (secondary N) is 2. The van der Waals surface area contributed by atoms with Crippen molar-refractivity contribution in [3.05, 3.63) is 36.2 Å². The molecular formula is C17H25N5O. The van der Waals surface area contributed by atoms with Crippen LogP contribution < -0.4 is 15.4 Å². The summed E-state index contributed by atoms with van der Waals surface area (Å²) in [7, 11) is 4.09. The standard InChI is InChI=1S/C17H25N5O/c1-5-23-15-9-7-6-8-14(15)21-17-12-16(19-13(2)20-17)18-10-11-22(3)4/h6-9,12H,5,10-11H2,1-4H3,(H2,18,19,20,21). The van der Waals surface area contributed by atoms with Crippen LogP contribution in [-0.4, -0.2) is 48.7 Å². The van der Waals surface area contributed by atoms with Crippen LogP contribution in [0, 0.1) is 6.92 Å². The third-order valence-electron chi connectivity index (χ3n) is 3.15. The average molecular weight is 315 g/mol. The maximum atomic E-state index is 5.63. The lowest BCUT2D eigenvalue weighted by atomic mass is 10.3. The number of ether oxygens (including phenoxy) is 1. The molecule has 2 aromatic rings. The van der Waals surface area contributed by atoms with Crippen molar-refractivity contribution in [2.75, 3.05) is 44.4 Å². The third kappa shape index (κ3) is 5.41. The maximum Gasteiger partial charge on any atom is 0.142 e. The number of benzene rings is 1. The SMILES string of the molecule is CCOc1ccccc1Nc1cc(NCCN(C)C)nc(C)n1. The molecule has 0 aliphatic heterocycles. The Labute approximate surface area is 137 Å². The Balaban J connectivity index is 2.12. The van der Waals surface area contributed by atoms with Gasteiger partial charge in [0.05, 0.1) is 12.3 Å². The molecule has 0 fully saturated rings. The minimum absolute atomic E-state index is 0.624. The van der Waals surface area contributed by atoms with Gasteiger partial charge < -0.3 is 20.3 Å². The van der Waals surface area contributed by atoms with E-state index in [1.165, 1.54) is 0 Å². The van der Waals surface area contributed by atoms with E-state index in [-0.39, 0.29) is 0 Å². The second-order valence-corrected chi connectivity index (χ2v) is 5.47. The van der Waals surface area contributed by atoms with Crippen molar-refractivity contribution in [2.24, 2.45) is 0 Å². The van der Waals surface area contributed by atoms with E-state index < -0.39 is 0 Å². The number of aryl methyl sites for hydroxylation is 1. The van der Waals surface area contributed by atoms with Crippen molar-refractivity contribution < 1.29 is 4.74 Å². The lowest BCUT2D eigenvalue weighted by Crippen LogP contribution is -2.21. The van der Waals surface area contributed by atoms with E-state index in [0.717, 1.165) is 42.0 Å². The second kappa shape index (κ2) is 8.33. The molecule has 0 bridgehead atoms. The van der Waals surface area contributed by atoms with Gasteiger partial charge in [0.1, 0.15) is 23.2 Å². The quantitative estimate of drug-likeness (QED) is 0.781. The lowest BCUT2D eigenvalue weighted by molar-refractivity contribution is 0.342. The molecule has 2 N–H and O–H groups in total. The monoisotopic (exact) mass is 315 g/mol. The number of rotatable bonds is 8. The molecule has 6 nitrogen and oxygen atoms in total. The van der Waals surface area contributed by atoms with Crippen LogP contribution in [0.3, 0.4) is 0 Å². The predicted octanol–water partition coefficient (Wildman–Crippen LogP) is 2.90. The molecule has 0 aliphatic rings. The van der Waals surface area contributed by atoms with Crippen LogP contribution in [0.1, 0.15) is 12.7 Å². The summed E-state index contributed by atoms with van der Waals surface area (Å²) in [5.74, 6) is 3.09. The van der Waals surface area contributed by atoms with Gasteiger partial charge in [0, 0.05) is 19.2 Å².